The zero-order valence-corrected chi connectivity index (χ0v) is 14.7. The number of pyridine rings is 1. The maximum absolute atomic E-state index is 5.96. The fourth-order valence-electron chi connectivity index (χ4n) is 3.45. The molecule has 1 aliphatic rings. The predicted octanol–water partition coefficient (Wildman–Crippen LogP) is 4.01. The molecule has 0 N–H and O–H groups in total. The van der Waals surface area contributed by atoms with E-state index in [-0.39, 0.29) is 0 Å². The van der Waals surface area contributed by atoms with Crippen LogP contribution < -0.4 is 9.47 Å². The second-order valence-electron chi connectivity index (χ2n) is 6.44. The van der Waals surface area contributed by atoms with Gasteiger partial charge in [-0.3, -0.25) is 9.88 Å². The SMILES string of the molecule is COc1cc(OCCN2C(C)CCC2C)ccc1-c1ccccn1. The molecule has 4 nitrogen and oxygen atoms in total. The molecule has 2 heterocycles. The van der Waals surface area contributed by atoms with Crippen molar-refractivity contribution in [3.8, 4) is 22.8 Å². The average Bonchev–Trinajstić information content (AvgIpc) is 2.94. The molecular weight excluding hydrogens is 300 g/mol. The molecular formula is C20H26N2O2. The lowest BCUT2D eigenvalue weighted by Crippen LogP contribution is -2.36. The lowest BCUT2D eigenvalue weighted by atomic mass is 10.1. The Morgan fingerprint density at radius 3 is 2.58 bits per heavy atom. The maximum Gasteiger partial charge on any atom is 0.131 e. The van der Waals surface area contributed by atoms with E-state index in [9.17, 15) is 0 Å². The smallest absolute Gasteiger partial charge is 0.131 e. The van der Waals surface area contributed by atoms with Crippen molar-refractivity contribution in [2.75, 3.05) is 20.3 Å². The normalized spacial score (nSPS) is 21.0. The van der Waals surface area contributed by atoms with Gasteiger partial charge in [0.25, 0.3) is 0 Å². The number of nitrogens with zero attached hydrogens (tertiary/aromatic N) is 2. The number of methoxy groups -OCH3 is 1. The van der Waals surface area contributed by atoms with Crippen molar-refractivity contribution in [1.82, 2.24) is 9.88 Å². The lowest BCUT2D eigenvalue weighted by Gasteiger charge is -2.25. The third kappa shape index (κ3) is 3.70. The second-order valence-corrected chi connectivity index (χ2v) is 6.44. The summed E-state index contributed by atoms with van der Waals surface area (Å²) >= 11 is 0. The van der Waals surface area contributed by atoms with Crippen LogP contribution in [0.3, 0.4) is 0 Å². The molecule has 2 atom stereocenters. The van der Waals surface area contributed by atoms with E-state index in [1.165, 1.54) is 12.8 Å². The van der Waals surface area contributed by atoms with Crippen LogP contribution in [0.5, 0.6) is 11.5 Å². The van der Waals surface area contributed by atoms with Crippen LogP contribution in [-0.4, -0.2) is 42.2 Å². The minimum Gasteiger partial charge on any atom is -0.496 e. The van der Waals surface area contributed by atoms with Gasteiger partial charge in [-0.2, -0.15) is 0 Å². The minimum atomic E-state index is 0.657. The lowest BCUT2D eigenvalue weighted by molar-refractivity contribution is 0.170. The molecule has 0 saturated carbocycles. The van der Waals surface area contributed by atoms with Crippen LogP contribution in [0, 0.1) is 0 Å². The number of ether oxygens (including phenoxy) is 2. The van der Waals surface area contributed by atoms with Gasteiger partial charge >= 0.3 is 0 Å². The van der Waals surface area contributed by atoms with E-state index in [0.29, 0.717) is 18.7 Å². The van der Waals surface area contributed by atoms with Gasteiger partial charge in [0.1, 0.15) is 18.1 Å². The maximum atomic E-state index is 5.96. The van der Waals surface area contributed by atoms with Crippen LogP contribution in [0.2, 0.25) is 0 Å². The first-order chi connectivity index (χ1) is 11.7. The quantitative estimate of drug-likeness (QED) is 0.803. The number of likely N-dealkylation sites (tertiary alicyclic amines) is 1. The van der Waals surface area contributed by atoms with Gasteiger partial charge in [0.15, 0.2) is 0 Å². The van der Waals surface area contributed by atoms with Crippen molar-refractivity contribution in [3.63, 3.8) is 0 Å². The molecule has 4 heteroatoms. The summed E-state index contributed by atoms with van der Waals surface area (Å²) < 4.78 is 11.5. The van der Waals surface area contributed by atoms with Gasteiger partial charge < -0.3 is 9.47 Å². The average molecular weight is 326 g/mol. The Labute approximate surface area is 144 Å². The van der Waals surface area contributed by atoms with E-state index < -0.39 is 0 Å². The first-order valence-electron chi connectivity index (χ1n) is 8.67. The van der Waals surface area contributed by atoms with E-state index >= 15 is 0 Å². The molecule has 0 bridgehead atoms. The summed E-state index contributed by atoms with van der Waals surface area (Å²) in [4.78, 5) is 6.92. The number of benzene rings is 1. The summed E-state index contributed by atoms with van der Waals surface area (Å²) in [6.07, 6.45) is 4.36. The Bertz CT molecular complexity index is 650. The first kappa shape index (κ1) is 16.8. The Morgan fingerprint density at radius 2 is 1.92 bits per heavy atom. The molecule has 0 spiro atoms. The zero-order valence-electron chi connectivity index (χ0n) is 14.7. The molecule has 1 aliphatic heterocycles. The van der Waals surface area contributed by atoms with Gasteiger partial charge in [-0.1, -0.05) is 6.07 Å². The summed E-state index contributed by atoms with van der Waals surface area (Å²) in [5, 5.41) is 0. The Hall–Kier alpha value is -2.07. The summed E-state index contributed by atoms with van der Waals surface area (Å²) in [5.74, 6) is 1.63. The van der Waals surface area contributed by atoms with Gasteiger partial charge in [0, 0.05) is 36.5 Å². The van der Waals surface area contributed by atoms with Gasteiger partial charge in [0.2, 0.25) is 0 Å². The van der Waals surface area contributed by atoms with Crippen LogP contribution in [0.1, 0.15) is 26.7 Å². The monoisotopic (exact) mass is 326 g/mol. The fourth-order valence-corrected chi connectivity index (χ4v) is 3.45. The van der Waals surface area contributed by atoms with Crippen LogP contribution in [-0.2, 0) is 0 Å². The summed E-state index contributed by atoms with van der Waals surface area (Å²) in [7, 11) is 1.68. The van der Waals surface area contributed by atoms with Gasteiger partial charge in [-0.15, -0.1) is 0 Å². The van der Waals surface area contributed by atoms with Crippen molar-refractivity contribution in [1.29, 1.82) is 0 Å². The number of hydrogen-bond donors (Lipinski definition) is 0. The number of aromatic nitrogens is 1. The zero-order chi connectivity index (χ0) is 16.9. The Kier molecular flexibility index (Phi) is 5.36. The van der Waals surface area contributed by atoms with Crippen LogP contribution in [0.4, 0.5) is 0 Å². The van der Waals surface area contributed by atoms with Gasteiger partial charge in [0.05, 0.1) is 12.8 Å². The largest absolute Gasteiger partial charge is 0.496 e. The molecule has 24 heavy (non-hydrogen) atoms. The predicted molar refractivity (Wildman–Crippen MR) is 96.6 cm³/mol. The van der Waals surface area contributed by atoms with Crippen molar-refractivity contribution < 1.29 is 9.47 Å². The van der Waals surface area contributed by atoms with Crippen molar-refractivity contribution >= 4 is 0 Å². The topological polar surface area (TPSA) is 34.6 Å². The molecule has 1 fully saturated rings. The molecule has 128 valence electrons. The van der Waals surface area contributed by atoms with Crippen LogP contribution in [0.25, 0.3) is 11.3 Å². The third-order valence-electron chi connectivity index (χ3n) is 4.87. The molecule has 2 aromatic rings. The van der Waals surface area contributed by atoms with Crippen LogP contribution >= 0.6 is 0 Å². The second kappa shape index (κ2) is 7.67. The van der Waals surface area contributed by atoms with Gasteiger partial charge in [-0.25, -0.2) is 0 Å². The summed E-state index contributed by atoms with van der Waals surface area (Å²) in [6, 6.07) is 13.1. The standard InChI is InChI=1S/C20H26N2O2/c1-15-7-8-16(2)22(15)12-13-24-17-9-10-18(20(14-17)23-3)19-6-4-5-11-21-19/h4-6,9-11,14-16H,7-8,12-13H2,1-3H3. The first-order valence-corrected chi connectivity index (χ1v) is 8.67. The van der Waals surface area contributed by atoms with Crippen molar-refractivity contribution in [2.45, 2.75) is 38.8 Å². The number of rotatable bonds is 6. The molecule has 0 radical (unpaired) electrons. The highest BCUT2D eigenvalue weighted by atomic mass is 16.5. The molecule has 0 aliphatic carbocycles. The fraction of sp³-hybridized carbons (Fsp3) is 0.450. The van der Waals surface area contributed by atoms with E-state index in [4.69, 9.17) is 9.47 Å². The van der Waals surface area contributed by atoms with E-state index in [0.717, 1.165) is 29.3 Å². The Morgan fingerprint density at radius 1 is 1.12 bits per heavy atom. The van der Waals surface area contributed by atoms with E-state index in [1.54, 1.807) is 13.3 Å². The van der Waals surface area contributed by atoms with Crippen molar-refractivity contribution in [3.05, 3.63) is 42.6 Å². The molecule has 3 rings (SSSR count). The summed E-state index contributed by atoms with van der Waals surface area (Å²) in [5.41, 5.74) is 1.88. The number of hydrogen-bond acceptors (Lipinski definition) is 4. The summed E-state index contributed by atoms with van der Waals surface area (Å²) in [6.45, 7) is 6.26. The molecule has 0 amide bonds. The van der Waals surface area contributed by atoms with Crippen molar-refractivity contribution in [2.24, 2.45) is 0 Å². The van der Waals surface area contributed by atoms with E-state index in [1.807, 2.05) is 36.4 Å². The highest BCUT2D eigenvalue weighted by Gasteiger charge is 2.26. The van der Waals surface area contributed by atoms with Crippen LogP contribution in [0.15, 0.2) is 42.6 Å². The highest BCUT2D eigenvalue weighted by molar-refractivity contribution is 5.68. The minimum absolute atomic E-state index is 0.657. The highest BCUT2D eigenvalue weighted by Crippen LogP contribution is 2.32. The Balaban J connectivity index is 1.65. The molecule has 2 unspecified atom stereocenters. The third-order valence-corrected chi connectivity index (χ3v) is 4.87. The molecule has 1 aromatic carbocycles. The van der Waals surface area contributed by atoms with Gasteiger partial charge in [-0.05, 0) is 51.0 Å². The molecule has 1 saturated heterocycles. The van der Waals surface area contributed by atoms with E-state index in [2.05, 4.69) is 23.7 Å². The molecule has 1 aromatic heterocycles.